The van der Waals surface area contributed by atoms with Gasteiger partial charge in [0.05, 0.1) is 10.1 Å². The minimum Gasteiger partial charge on any atom is -0.299 e. The van der Waals surface area contributed by atoms with Crippen LogP contribution in [0, 0.1) is 0 Å². The quantitative estimate of drug-likeness (QED) is 0.789. The molecule has 3 aromatic rings. The summed E-state index contributed by atoms with van der Waals surface area (Å²) in [5.41, 5.74) is -0.253. The monoisotopic (exact) mass is 348 g/mol. The molecule has 1 N–H and O–H groups in total. The van der Waals surface area contributed by atoms with Gasteiger partial charge in [-0.25, -0.2) is 0 Å². The number of hydrogen-bond donors (Lipinski definition) is 1. The van der Waals surface area contributed by atoms with Crippen LogP contribution in [0.2, 0.25) is 0 Å². The first kappa shape index (κ1) is 15.8. The molecule has 0 unspecified atom stereocenters. The van der Waals surface area contributed by atoms with E-state index >= 15 is 0 Å². The molecular formula is C15H16N4O2S2. The average Bonchev–Trinajstić information content (AvgIpc) is 3.05. The Morgan fingerprint density at radius 3 is 2.65 bits per heavy atom. The maximum absolute atomic E-state index is 12.2. The highest BCUT2D eigenvalue weighted by Gasteiger charge is 2.20. The Kier molecular flexibility index (Phi) is 4.03. The summed E-state index contributed by atoms with van der Waals surface area (Å²) in [6.45, 7) is 6.09. The van der Waals surface area contributed by atoms with E-state index in [4.69, 9.17) is 0 Å². The molecule has 0 spiro atoms. The molecule has 3 rings (SSSR count). The molecule has 6 nitrogen and oxygen atoms in total. The summed E-state index contributed by atoms with van der Waals surface area (Å²) in [5.74, 6) is -0.282. The molecule has 23 heavy (non-hydrogen) atoms. The van der Waals surface area contributed by atoms with Crippen molar-refractivity contribution in [1.29, 1.82) is 0 Å². The van der Waals surface area contributed by atoms with Gasteiger partial charge in [0.25, 0.3) is 5.56 Å². The summed E-state index contributed by atoms with van der Waals surface area (Å²) in [6.07, 6.45) is 0. The fraction of sp³-hybridized carbons (Fsp3) is 0.333. The molecule has 0 fully saturated rings. The number of amides is 1. The van der Waals surface area contributed by atoms with Crippen LogP contribution >= 0.6 is 22.9 Å². The van der Waals surface area contributed by atoms with Crippen molar-refractivity contribution in [3.63, 3.8) is 0 Å². The second-order valence-corrected chi connectivity index (χ2v) is 8.18. The predicted molar refractivity (Wildman–Crippen MR) is 93.3 cm³/mol. The van der Waals surface area contributed by atoms with E-state index in [1.165, 1.54) is 26.8 Å². The van der Waals surface area contributed by atoms with Gasteiger partial charge in [-0.1, -0.05) is 55.8 Å². The van der Waals surface area contributed by atoms with Crippen LogP contribution < -0.4 is 10.9 Å². The van der Waals surface area contributed by atoms with Crippen molar-refractivity contribution in [2.24, 2.45) is 0 Å². The summed E-state index contributed by atoms with van der Waals surface area (Å²) in [7, 11) is 0. The van der Waals surface area contributed by atoms with Gasteiger partial charge in [-0.2, -0.15) is 0 Å². The minimum absolute atomic E-state index is 0.0252. The van der Waals surface area contributed by atoms with E-state index in [0.717, 1.165) is 9.71 Å². The number of hydrogen-bond acceptors (Lipinski definition) is 6. The van der Waals surface area contributed by atoms with Crippen LogP contribution in [0.15, 0.2) is 29.1 Å². The normalized spacial score (nSPS) is 11.8. The predicted octanol–water partition coefficient (Wildman–Crippen LogP) is 2.85. The summed E-state index contributed by atoms with van der Waals surface area (Å²) in [6, 6.07) is 7.33. The maximum Gasteiger partial charge on any atom is 0.268 e. The Hall–Kier alpha value is -2.06. The number of rotatable bonds is 3. The lowest BCUT2D eigenvalue weighted by atomic mass is 9.98. The number of fused-ring (bicyclic) bond motifs is 1. The largest absolute Gasteiger partial charge is 0.299 e. The molecular weight excluding hydrogens is 332 g/mol. The van der Waals surface area contributed by atoms with E-state index in [2.05, 4.69) is 15.5 Å². The number of carbonyl (C=O) groups excluding carboxylic acids is 1. The zero-order chi connectivity index (χ0) is 16.6. The molecule has 0 bridgehead atoms. The first-order valence-corrected chi connectivity index (χ1v) is 8.66. The average molecular weight is 348 g/mol. The van der Waals surface area contributed by atoms with Gasteiger partial charge in [0.2, 0.25) is 11.0 Å². The molecule has 0 saturated heterocycles. The standard InChI is InChI=1S/C15H16N4O2S2/c1-15(2,3)13-17-18-14(22-13)16-11(20)8-19-12(21)9-6-4-5-7-10(9)23-19/h4-7H,8H2,1-3H3,(H,16,18,20). The number of nitrogens with one attached hydrogen (secondary N) is 1. The lowest BCUT2D eigenvalue weighted by Gasteiger charge is -2.12. The van der Waals surface area contributed by atoms with Gasteiger partial charge in [-0.05, 0) is 12.1 Å². The molecule has 1 amide bonds. The molecule has 0 saturated carbocycles. The molecule has 2 heterocycles. The fourth-order valence-corrected chi connectivity index (χ4v) is 3.80. The minimum atomic E-state index is -0.282. The van der Waals surface area contributed by atoms with Crippen molar-refractivity contribution < 1.29 is 4.79 Å². The molecule has 0 radical (unpaired) electrons. The maximum atomic E-state index is 12.2. The van der Waals surface area contributed by atoms with Crippen LogP contribution in [0.4, 0.5) is 5.13 Å². The number of carbonyl (C=O) groups is 1. The Bertz CT molecular complexity index is 917. The molecule has 0 aliphatic rings. The van der Waals surface area contributed by atoms with Crippen molar-refractivity contribution >= 4 is 44.0 Å². The first-order chi connectivity index (χ1) is 10.8. The van der Waals surface area contributed by atoms with Crippen LogP contribution in [0.1, 0.15) is 25.8 Å². The van der Waals surface area contributed by atoms with Crippen LogP contribution in [0.25, 0.3) is 10.1 Å². The third-order valence-corrected chi connectivity index (χ3v) is 5.49. The molecule has 2 aromatic heterocycles. The highest BCUT2D eigenvalue weighted by molar-refractivity contribution is 7.15. The van der Waals surface area contributed by atoms with E-state index in [-0.39, 0.29) is 23.4 Å². The third-order valence-electron chi connectivity index (χ3n) is 3.15. The Morgan fingerprint density at radius 2 is 2.00 bits per heavy atom. The van der Waals surface area contributed by atoms with Crippen molar-refractivity contribution in [2.75, 3.05) is 5.32 Å². The van der Waals surface area contributed by atoms with Crippen molar-refractivity contribution in [3.05, 3.63) is 39.6 Å². The second-order valence-electron chi connectivity index (χ2n) is 6.14. The highest BCUT2D eigenvalue weighted by Crippen LogP contribution is 2.27. The molecule has 1 aromatic carbocycles. The lowest BCUT2D eigenvalue weighted by molar-refractivity contribution is -0.116. The molecule has 0 atom stereocenters. The zero-order valence-electron chi connectivity index (χ0n) is 13.0. The van der Waals surface area contributed by atoms with E-state index in [1.807, 2.05) is 39.0 Å². The Labute approximate surface area is 140 Å². The van der Waals surface area contributed by atoms with Crippen LogP contribution in [-0.4, -0.2) is 20.1 Å². The number of anilines is 1. The van der Waals surface area contributed by atoms with Gasteiger partial charge < -0.3 is 0 Å². The lowest BCUT2D eigenvalue weighted by Crippen LogP contribution is -2.23. The fourth-order valence-electron chi connectivity index (χ4n) is 1.99. The number of nitrogens with zero attached hydrogens (tertiary/aromatic N) is 3. The van der Waals surface area contributed by atoms with Gasteiger partial charge in [0.15, 0.2) is 0 Å². The van der Waals surface area contributed by atoms with Gasteiger partial charge in [0.1, 0.15) is 11.6 Å². The molecule has 120 valence electrons. The Balaban J connectivity index is 1.75. The smallest absolute Gasteiger partial charge is 0.268 e. The van der Waals surface area contributed by atoms with Crippen molar-refractivity contribution in [2.45, 2.75) is 32.7 Å². The van der Waals surface area contributed by atoms with Crippen LogP contribution in [0.5, 0.6) is 0 Å². The van der Waals surface area contributed by atoms with E-state index in [0.29, 0.717) is 10.5 Å². The summed E-state index contributed by atoms with van der Waals surface area (Å²) in [4.78, 5) is 24.4. The highest BCUT2D eigenvalue weighted by atomic mass is 32.1. The van der Waals surface area contributed by atoms with Crippen LogP contribution in [-0.2, 0) is 16.8 Å². The summed E-state index contributed by atoms with van der Waals surface area (Å²) in [5, 5.41) is 12.7. The van der Waals surface area contributed by atoms with Gasteiger partial charge in [0, 0.05) is 5.41 Å². The summed E-state index contributed by atoms with van der Waals surface area (Å²) < 4.78 is 2.32. The molecule has 0 aliphatic carbocycles. The van der Waals surface area contributed by atoms with Gasteiger partial charge >= 0.3 is 0 Å². The van der Waals surface area contributed by atoms with Gasteiger partial charge in [-0.3, -0.25) is 18.9 Å². The first-order valence-electron chi connectivity index (χ1n) is 7.07. The number of aromatic nitrogens is 3. The van der Waals surface area contributed by atoms with E-state index < -0.39 is 0 Å². The van der Waals surface area contributed by atoms with Crippen LogP contribution in [0.3, 0.4) is 0 Å². The number of benzene rings is 1. The van der Waals surface area contributed by atoms with E-state index in [1.54, 1.807) is 6.07 Å². The zero-order valence-corrected chi connectivity index (χ0v) is 14.6. The SMILES string of the molecule is CC(C)(C)c1nnc(NC(=O)Cn2sc3ccccc3c2=O)s1. The molecule has 0 aliphatic heterocycles. The second kappa shape index (κ2) is 5.86. The summed E-state index contributed by atoms with van der Waals surface area (Å²) >= 11 is 2.63. The van der Waals surface area contributed by atoms with Crippen molar-refractivity contribution in [3.8, 4) is 0 Å². The van der Waals surface area contributed by atoms with Crippen molar-refractivity contribution in [1.82, 2.24) is 14.2 Å². The molecule has 8 heteroatoms. The Morgan fingerprint density at radius 1 is 1.26 bits per heavy atom. The third kappa shape index (κ3) is 3.32. The topological polar surface area (TPSA) is 76.9 Å². The van der Waals surface area contributed by atoms with E-state index in [9.17, 15) is 9.59 Å². The van der Waals surface area contributed by atoms with Gasteiger partial charge in [-0.15, -0.1) is 10.2 Å².